The summed E-state index contributed by atoms with van der Waals surface area (Å²) in [5, 5.41) is 2.92. The zero-order chi connectivity index (χ0) is 23.5. The van der Waals surface area contributed by atoms with Gasteiger partial charge in [0.05, 0.1) is 11.0 Å². The molecule has 5 rings (SSSR count). The molecule has 0 radical (unpaired) electrons. The molecule has 3 aromatic carbocycles. The van der Waals surface area contributed by atoms with Crippen LogP contribution < -0.4 is 5.32 Å². The van der Waals surface area contributed by atoms with E-state index in [1.807, 2.05) is 6.07 Å². The lowest BCUT2D eigenvalue weighted by atomic mass is 9.77. The van der Waals surface area contributed by atoms with Crippen molar-refractivity contribution >= 4 is 22.6 Å². The predicted octanol–water partition coefficient (Wildman–Crippen LogP) is 7.33. The van der Waals surface area contributed by atoms with E-state index in [-0.39, 0.29) is 5.91 Å². The second-order valence-corrected chi connectivity index (χ2v) is 9.75. The highest BCUT2D eigenvalue weighted by Gasteiger charge is 2.23. The highest BCUT2D eigenvalue weighted by molar-refractivity contribution is 5.88. The quantitative estimate of drug-likeness (QED) is 0.333. The normalized spacial score (nSPS) is 18.2. The van der Waals surface area contributed by atoms with Gasteiger partial charge >= 0.3 is 0 Å². The van der Waals surface area contributed by atoms with Crippen LogP contribution in [0, 0.1) is 12.8 Å². The molecule has 0 saturated heterocycles. The molecule has 1 aliphatic carbocycles. The van der Waals surface area contributed by atoms with Crippen molar-refractivity contribution in [2.45, 2.75) is 58.4 Å². The van der Waals surface area contributed by atoms with Crippen LogP contribution in [-0.4, -0.2) is 15.5 Å². The summed E-state index contributed by atoms with van der Waals surface area (Å²) in [5.74, 6) is 2.38. The van der Waals surface area contributed by atoms with Crippen LogP contribution >= 0.6 is 0 Å². The number of anilines is 1. The number of nitrogens with zero attached hydrogens (tertiary/aromatic N) is 2. The Morgan fingerprint density at radius 2 is 1.74 bits per heavy atom. The van der Waals surface area contributed by atoms with Crippen LogP contribution in [0.25, 0.3) is 22.4 Å². The summed E-state index contributed by atoms with van der Waals surface area (Å²) in [5.41, 5.74) is 7.01. The molecule has 34 heavy (non-hydrogen) atoms. The highest BCUT2D eigenvalue weighted by atomic mass is 16.1. The summed E-state index contributed by atoms with van der Waals surface area (Å²) in [4.78, 5) is 16.4. The minimum absolute atomic E-state index is 0.0158. The molecule has 174 valence electrons. The van der Waals surface area contributed by atoms with Gasteiger partial charge < -0.3 is 9.88 Å². The Morgan fingerprint density at radius 3 is 2.50 bits per heavy atom. The first-order valence-electron chi connectivity index (χ1n) is 12.5. The van der Waals surface area contributed by atoms with E-state index >= 15 is 0 Å². The van der Waals surface area contributed by atoms with E-state index in [4.69, 9.17) is 4.98 Å². The lowest BCUT2D eigenvalue weighted by Gasteiger charge is -2.29. The first kappa shape index (κ1) is 22.4. The van der Waals surface area contributed by atoms with E-state index in [0.29, 0.717) is 5.92 Å². The average Bonchev–Trinajstić information content (AvgIpc) is 3.22. The van der Waals surface area contributed by atoms with Crippen LogP contribution in [-0.2, 0) is 11.3 Å². The molecule has 1 aliphatic rings. The molecule has 1 saturated carbocycles. The van der Waals surface area contributed by atoms with E-state index in [1.165, 1.54) is 54.3 Å². The molecule has 0 spiro atoms. The highest BCUT2D eigenvalue weighted by Crippen LogP contribution is 2.38. The number of aromatic nitrogens is 2. The molecule has 1 heterocycles. The van der Waals surface area contributed by atoms with Crippen LogP contribution in [0.5, 0.6) is 0 Å². The van der Waals surface area contributed by atoms with Gasteiger partial charge in [-0.3, -0.25) is 4.79 Å². The first-order valence-corrected chi connectivity index (χ1v) is 12.5. The molecule has 0 aliphatic heterocycles. The van der Waals surface area contributed by atoms with Crippen LogP contribution in [0.4, 0.5) is 5.69 Å². The molecule has 4 nitrogen and oxygen atoms in total. The summed E-state index contributed by atoms with van der Waals surface area (Å²) < 4.78 is 2.42. The lowest BCUT2D eigenvalue weighted by Crippen LogP contribution is -2.16. The fourth-order valence-corrected chi connectivity index (χ4v) is 5.39. The van der Waals surface area contributed by atoms with E-state index in [9.17, 15) is 4.79 Å². The van der Waals surface area contributed by atoms with Gasteiger partial charge in [-0.2, -0.15) is 0 Å². The van der Waals surface area contributed by atoms with Gasteiger partial charge in [-0.05, 0) is 80.7 Å². The number of imidazole rings is 1. The SMILES string of the molecule is CC(=O)Nc1cccc(C2CCC(CCn3c(-c4ccc(C)cc4)nc4ccccc43)CC2)c1. The van der Waals surface area contributed by atoms with Gasteiger partial charge in [0, 0.05) is 24.7 Å². The van der Waals surface area contributed by atoms with E-state index < -0.39 is 0 Å². The summed E-state index contributed by atoms with van der Waals surface area (Å²) in [6, 6.07) is 25.6. The van der Waals surface area contributed by atoms with Gasteiger partial charge in [0.25, 0.3) is 0 Å². The maximum atomic E-state index is 11.4. The minimum atomic E-state index is -0.0158. The number of carbonyl (C=O) groups excluding carboxylic acids is 1. The van der Waals surface area contributed by atoms with Crippen LogP contribution in [0.2, 0.25) is 0 Å². The Hall–Kier alpha value is -3.40. The van der Waals surface area contributed by atoms with E-state index in [0.717, 1.165) is 29.5 Å². The maximum Gasteiger partial charge on any atom is 0.221 e. The fourth-order valence-electron chi connectivity index (χ4n) is 5.39. The summed E-state index contributed by atoms with van der Waals surface area (Å²) in [6.45, 7) is 4.68. The summed E-state index contributed by atoms with van der Waals surface area (Å²) >= 11 is 0. The Balaban J connectivity index is 1.27. The van der Waals surface area contributed by atoms with Crippen molar-refractivity contribution in [3.8, 4) is 11.4 Å². The summed E-state index contributed by atoms with van der Waals surface area (Å²) in [6.07, 6.45) is 6.11. The third-order valence-corrected chi connectivity index (χ3v) is 7.25. The van der Waals surface area contributed by atoms with Crippen LogP contribution in [0.1, 0.15) is 56.1 Å². The number of benzene rings is 3. The molecule has 0 atom stereocenters. The molecule has 1 fully saturated rings. The number of aryl methyl sites for hydroxylation is 2. The third-order valence-electron chi connectivity index (χ3n) is 7.25. The Morgan fingerprint density at radius 1 is 0.971 bits per heavy atom. The smallest absolute Gasteiger partial charge is 0.221 e. The Bertz CT molecular complexity index is 1280. The molecule has 0 bridgehead atoms. The molecule has 4 heteroatoms. The molecular weight excluding hydrogens is 418 g/mol. The average molecular weight is 452 g/mol. The lowest BCUT2D eigenvalue weighted by molar-refractivity contribution is -0.114. The van der Waals surface area contributed by atoms with Crippen molar-refractivity contribution in [3.63, 3.8) is 0 Å². The van der Waals surface area contributed by atoms with Crippen molar-refractivity contribution in [2.75, 3.05) is 5.32 Å². The fraction of sp³-hybridized carbons (Fsp3) is 0.333. The number of hydrogen-bond donors (Lipinski definition) is 1. The summed E-state index contributed by atoms with van der Waals surface area (Å²) in [7, 11) is 0. The van der Waals surface area contributed by atoms with Crippen LogP contribution in [0.15, 0.2) is 72.8 Å². The van der Waals surface area contributed by atoms with Gasteiger partial charge in [-0.15, -0.1) is 0 Å². The minimum Gasteiger partial charge on any atom is -0.326 e. The largest absolute Gasteiger partial charge is 0.326 e. The van der Waals surface area contributed by atoms with Gasteiger partial charge in [-0.25, -0.2) is 4.98 Å². The van der Waals surface area contributed by atoms with Crippen molar-refractivity contribution in [2.24, 2.45) is 5.92 Å². The first-order chi connectivity index (χ1) is 16.6. The molecule has 1 aromatic heterocycles. The second-order valence-electron chi connectivity index (χ2n) is 9.75. The monoisotopic (exact) mass is 451 g/mol. The standard InChI is InChI=1S/C30H33N3O/c1-21-10-14-25(15-11-21)30-32-28-8-3-4-9-29(28)33(30)19-18-23-12-16-24(17-13-23)26-6-5-7-27(20-26)31-22(2)34/h3-11,14-15,20,23-24H,12-13,16-19H2,1-2H3,(H,31,34). The second kappa shape index (κ2) is 9.84. The molecule has 0 unspecified atom stereocenters. The van der Waals surface area contributed by atoms with E-state index in [1.54, 1.807) is 6.92 Å². The molecule has 1 N–H and O–H groups in total. The molecule has 4 aromatic rings. The number of amides is 1. The van der Waals surface area contributed by atoms with E-state index in [2.05, 4.69) is 83.5 Å². The Labute approximate surface area is 202 Å². The van der Waals surface area contributed by atoms with Gasteiger partial charge in [-0.1, -0.05) is 54.1 Å². The molecule has 1 amide bonds. The van der Waals surface area contributed by atoms with Crippen LogP contribution in [0.3, 0.4) is 0 Å². The van der Waals surface area contributed by atoms with Gasteiger partial charge in [0.2, 0.25) is 5.91 Å². The third kappa shape index (κ3) is 4.91. The van der Waals surface area contributed by atoms with Crippen molar-refractivity contribution < 1.29 is 4.79 Å². The van der Waals surface area contributed by atoms with Gasteiger partial charge in [0.15, 0.2) is 0 Å². The van der Waals surface area contributed by atoms with Crippen molar-refractivity contribution in [1.29, 1.82) is 0 Å². The number of hydrogen-bond acceptors (Lipinski definition) is 2. The van der Waals surface area contributed by atoms with Gasteiger partial charge in [0.1, 0.15) is 5.82 Å². The number of carbonyl (C=O) groups is 1. The number of para-hydroxylation sites is 2. The van der Waals surface area contributed by atoms with Crippen molar-refractivity contribution in [1.82, 2.24) is 9.55 Å². The number of fused-ring (bicyclic) bond motifs is 1. The zero-order valence-corrected chi connectivity index (χ0v) is 20.1. The number of rotatable bonds is 6. The molecular formula is C30H33N3O. The zero-order valence-electron chi connectivity index (χ0n) is 20.1. The Kier molecular flexibility index (Phi) is 6.48. The predicted molar refractivity (Wildman–Crippen MR) is 140 cm³/mol. The van der Waals surface area contributed by atoms with Crippen molar-refractivity contribution in [3.05, 3.63) is 83.9 Å². The number of nitrogens with one attached hydrogen (secondary N) is 1. The topological polar surface area (TPSA) is 46.9 Å². The maximum absolute atomic E-state index is 11.4.